The van der Waals surface area contributed by atoms with Gasteiger partial charge in [0.15, 0.2) is 0 Å². The van der Waals surface area contributed by atoms with Gasteiger partial charge >= 0.3 is 5.97 Å². The zero-order chi connectivity index (χ0) is 15.2. The quantitative estimate of drug-likeness (QED) is 0.812. The normalized spacial score (nSPS) is 21.0. The van der Waals surface area contributed by atoms with Gasteiger partial charge in [-0.3, -0.25) is 9.59 Å². The van der Waals surface area contributed by atoms with E-state index in [1.807, 2.05) is 24.3 Å². The van der Waals surface area contributed by atoms with Gasteiger partial charge in [0.2, 0.25) is 5.91 Å². The van der Waals surface area contributed by atoms with Gasteiger partial charge in [-0.05, 0) is 18.1 Å². The van der Waals surface area contributed by atoms with E-state index in [2.05, 4.69) is 5.32 Å². The molecule has 1 aromatic rings. The lowest BCUT2D eigenvalue weighted by Gasteiger charge is -2.16. The third kappa shape index (κ3) is 3.95. The summed E-state index contributed by atoms with van der Waals surface area (Å²) in [6, 6.07) is 7.06. The fourth-order valence-corrected chi connectivity index (χ4v) is 2.38. The fraction of sp³-hybridized carbons (Fsp3) is 0.467. The van der Waals surface area contributed by atoms with Gasteiger partial charge in [0.05, 0.1) is 26.4 Å². The molecule has 2 unspecified atom stereocenters. The molecule has 21 heavy (non-hydrogen) atoms. The van der Waals surface area contributed by atoms with Crippen LogP contribution in [0.1, 0.15) is 12.0 Å². The summed E-state index contributed by atoms with van der Waals surface area (Å²) >= 11 is 0. The van der Waals surface area contributed by atoms with E-state index in [0.717, 1.165) is 11.3 Å². The molecule has 0 aliphatic carbocycles. The minimum absolute atomic E-state index is 0.146. The maximum atomic E-state index is 11.9. The standard InChI is InChI=1S/C15H19NO5/c1-20-13-5-3-2-4-10(13)6-7-14(17)16-12-9-21-8-11(12)15(18)19/h2-5,11-12H,6-9H2,1H3,(H,16,17)(H,18,19). The summed E-state index contributed by atoms with van der Waals surface area (Å²) in [5, 5.41) is 11.8. The first kappa shape index (κ1) is 15.3. The smallest absolute Gasteiger partial charge is 0.311 e. The molecule has 1 aromatic carbocycles. The minimum atomic E-state index is -0.942. The van der Waals surface area contributed by atoms with Crippen LogP contribution in [0.4, 0.5) is 0 Å². The molecule has 1 aliphatic heterocycles. The van der Waals surface area contributed by atoms with Crippen molar-refractivity contribution in [3.8, 4) is 5.75 Å². The molecule has 1 amide bonds. The first-order chi connectivity index (χ1) is 10.1. The van der Waals surface area contributed by atoms with Crippen molar-refractivity contribution < 1.29 is 24.2 Å². The average molecular weight is 293 g/mol. The van der Waals surface area contributed by atoms with Crippen LogP contribution in [-0.2, 0) is 20.7 Å². The van der Waals surface area contributed by atoms with Gasteiger partial charge in [-0.2, -0.15) is 0 Å². The first-order valence-corrected chi connectivity index (χ1v) is 6.83. The van der Waals surface area contributed by atoms with E-state index in [-0.39, 0.29) is 25.5 Å². The third-order valence-electron chi connectivity index (χ3n) is 3.56. The number of carboxylic acid groups (broad SMARTS) is 1. The molecule has 2 rings (SSSR count). The van der Waals surface area contributed by atoms with Gasteiger partial charge in [-0.15, -0.1) is 0 Å². The van der Waals surface area contributed by atoms with Crippen LogP contribution in [0.3, 0.4) is 0 Å². The highest BCUT2D eigenvalue weighted by Crippen LogP contribution is 2.19. The van der Waals surface area contributed by atoms with Gasteiger partial charge in [0.1, 0.15) is 11.7 Å². The van der Waals surface area contributed by atoms with Crippen molar-refractivity contribution in [3.63, 3.8) is 0 Å². The Balaban J connectivity index is 1.86. The topological polar surface area (TPSA) is 84.9 Å². The minimum Gasteiger partial charge on any atom is -0.496 e. The van der Waals surface area contributed by atoms with Crippen molar-refractivity contribution in [2.45, 2.75) is 18.9 Å². The fourth-order valence-electron chi connectivity index (χ4n) is 2.38. The monoisotopic (exact) mass is 293 g/mol. The molecule has 6 heteroatoms. The number of aliphatic carboxylic acids is 1. The molecule has 0 spiro atoms. The van der Waals surface area contributed by atoms with Crippen molar-refractivity contribution in [2.24, 2.45) is 5.92 Å². The van der Waals surface area contributed by atoms with Gasteiger partial charge in [-0.25, -0.2) is 0 Å². The van der Waals surface area contributed by atoms with Gasteiger partial charge in [0, 0.05) is 6.42 Å². The second-order valence-corrected chi connectivity index (χ2v) is 4.97. The maximum absolute atomic E-state index is 11.9. The Bertz CT molecular complexity index is 517. The largest absolute Gasteiger partial charge is 0.496 e. The number of carbonyl (C=O) groups is 2. The predicted molar refractivity (Wildman–Crippen MR) is 75.2 cm³/mol. The summed E-state index contributed by atoms with van der Waals surface area (Å²) in [6.45, 7) is 0.393. The highest BCUT2D eigenvalue weighted by Gasteiger charge is 2.34. The number of benzene rings is 1. The molecule has 0 radical (unpaired) electrons. The summed E-state index contributed by atoms with van der Waals surface area (Å²) in [7, 11) is 1.59. The number of carbonyl (C=O) groups excluding carboxylic acids is 1. The molecular weight excluding hydrogens is 274 g/mol. The number of ether oxygens (including phenoxy) is 2. The molecule has 2 atom stereocenters. The summed E-state index contributed by atoms with van der Waals surface area (Å²) in [6.07, 6.45) is 0.824. The van der Waals surface area contributed by atoms with E-state index >= 15 is 0 Å². The Morgan fingerprint density at radius 1 is 1.38 bits per heavy atom. The van der Waals surface area contributed by atoms with Crippen LogP contribution < -0.4 is 10.1 Å². The van der Waals surface area contributed by atoms with Crippen molar-refractivity contribution in [1.29, 1.82) is 0 Å². The highest BCUT2D eigenvalue weighted by molar-refractivity contribution is 5.78. The molecule has 0 saturated carbocycles. The second kappa shape index (κ2) is 7.08. The second-order valence-electron chi connectivity index (χ2n) is 4.97. The van der Waals surface area contributed by atoms with E-state index in [4.69, 9.17) is 14.6 Å². The molecule has 1 saturated heterocycles. The van der Waals surface area contributed by atoms with Crippen LogP contribution in [0.25, 0.3) is 0 Å². The summed E-state index contributed by atoms with van der Waals surface area (Å²) in [5.41, 5.74) is 0.951. The Hall–Kier alpha value is -2.08. The number of nitrogens with one attached hydrogen (secondary N) is 1. The lowest BCUT2D eigenvalue weighted by molar-refractivity contribution is -0.142. The number of carboxylic acids is 1. The predicted octanol–water partition coefficient (Wildman–Crippen LogP) is 0.844. The molecule has 1 fully saturated rings. The van der Waals surface area contributed by atoms with E-state index < -0.39 is 17.9 Å². The Kier molecular flexibility index (Phi) is 5.16. The van der Waals surface area contributed by atoms with Crippen LogP contribution in [0.2, 0.25) is 0 Å². The number of amides is 1. The van der Waals surface area contributed by atoms with Crippen LogP contribution in [0.5, 0.6) is 5.75 Å². The van der Waals surface area contributed by atoms with Crippen molar-refractivity contribution in [1.82, 2.24) is 5.32 Å². The lowest BCUT2D eigenvalue weighted by Crippen LogP contribution is -2.42. The van der Waals surface area contributed by atoms with Crippen LogP contribution in [-0.4, -0.2) is 43.3 Å². The third-order valence-corrected chi connectivity index (χ3v) is 3.56. The molecule has 114 valence electrons. The molecule has 2 N–H and O–H groups in total. The molecule has 1 heterocycles. The van der Waals surface area contributed by atoms with Crippen LogP contribution in [0, 0.1) is 5.92 Å². The lowest BCUT2D eigenvalue weighted by atomic mass is 10.0. The number of hydrogen-bond donors (Lipinski definition) is 2. The molecule has 1 aliphatic rings. The average Bonchev–Trinajstić information content (AvgIpc) is 2.93. The van der Waals surface area contributed by atoms with Gasteiger partial charge < -0.3 is 19.9 Å². The van der Waals surface area contributed by atoms with Crippen molar-refractivity contribution >= 4 is 11.9 Å². The van der Waals surface area contributed by atoms with Crippen LogP contribution >= 0.6 is 0 Å². The zero-order valence-electron chi connectivity index (χ0n) is 11.9. The first-order valence-electron chi connectivity index (χ1n) is 6.83. The molecule has 6 nitrogen and oxygen atoms in total. The van der Waals surface area contributed by atoms with Crippen molar-refractivity contribution in [3.05, 3.63) is 29.8 Å². The van der Waals surface area contributed by atoms with Crippen LogP contribution in [0.15, 0.2) is 24.3 Å². The number of aryl methyl sites for hydroxylation is 1. The Morgan fingerprint density at radius 2 is 2.14 bits per heavy atom. The Morgan fingerprint density at radius 3 is 2.86 bits per heavy atom. The highest BCUT2D eigenvalue weighted by atomic mass is 16.5. The van der Waals surface area contributed by atoms with E-state index in [1.54, 1.807) is 7.11 Å². The van der Waals surface area contributed by atoms with E-state index in [9.17, 15) is 9.59 Å². The Labute approximate surface area is 123 Å². The number of hydrogen-bond acceptors (Lipinski definition) is 4. The maximum Gasteiger partial charge on any atom is 0.311 e. The van der Waals surface area contributed by atoms with E-state index in [1.165, 1.54) is 0 Å². The van der Waals surface area contributed by atoms with Gasteiger partial charge in [-0.1, -0.05) is 18.2 Å². The number of rotatable bonds is 6. The van der Waals surface area contributed by atoms with Gasteiger partial charge in [0.25, 0.3) is 0 Å². The molecule has 0 bridgehead atoms. The SMILES string of the molecule is COc1ccccc1CCC(=O)NC1COCC1C(=O)O. The molecular formula is C15H19NO5. The molecule has 0 aromatic heterocycles. The summed E-state index contributed by atoms with van der Waals surface area (Å²) in [4.78, 5) is 22.9. The zero-order valence-corrected chi connectivity index (χ0v) is 11.9. The summed E-state index contributed by atoms with van der Waals surface area (Å²) < 4.78 is 10.3. The van der Waals surface area contributed by atoms with E-state index in [0.29, 0.717) is 6.42 Å². The summed E-state index contributed by atoms with van der Waals surface area (Å²) in [5.74, 6) is -1.04. The number of methoxy groups -OCH3 is 1. The number of para-hydroxylation sites is 1. The van der Waals surface area contributed by atoms with Crippen molar-refractivity contribution in [2.75, 3.05) is 20.3 Å².